The van der Waals surface area contributed by atoms with Crippen LogP contribution in [0.4, 0.5) is 13.2 Å². The van der Waals surface area contributed by atoms with Gasteiger partial charge in [0.2, 0.25) is 11.8 Å². The van der Waals surface area contributed by atoms with E-state index in [-0.39, 0.29) is 34.0 Å². The molecule has 0 heterocycles. The predicted molar refractivity (Wildman–Crippen MR) is 78.9 cm³/mol. The molecule has 0 radical (unpaired) electrons. The largest absolute Gasteiger partial charge is 0.417 e. The lowest BCUT2D eigenvalue weighted by Gasteiger charge is -2.16. The molecule has 0 bridgehead atoms. The monoisotopic (exact) mass is 354 g/mol. The molecular formula is C13H14ClF3N2O2S. The molecule has 9 heteroatoms. The number of nitrogens with zero attached hydrogens (tertiary/aromatic N) is 1. The van der Waals surface area contributed by atoms with E-state index in [0.717, 1.165) is 23.9 Å². The SMILES string of the molecule is CNC(=O)CN(C)C(=O)CSc1ccc(Cl)c(C(F)(F)F)c1. The molecule has 2 amide bonds. The van der Waals surface area contributed by atoms with Crippen LogP contribution in [0.15, 0.2) is 23.1 Å². The molecule has 0 aliphatic heterocycles. The van der Waals surface area contributed by atoms with E-state index in [0.29, 0.717) is 0 Å². The molecule has 0 unspecified atom stereocenters. The van der Waals surface area contributed by atoms with E-state index in [4.69, 9.17) is 11.6 Å². The molecule has 22 heavy (non-hydrogen) atoms. The van der Waals surface area contributed by atoms with Crippen LogP contribution < -0.4 is 5.32 Å². The van der Waals surface area contributed by atoms with Crippen molar-refractivity contribution in [2.24, 2.45) is 0 Å². The van der Waals surface area contributed by atoms with Gasteiger partial charge in [0.1, 0.15) is 0 Å². The average molecular weight is 355 g/mol. The third kappa shape index (κ3) is 5.42. The van der Waals surface area contributed by atoms with Gasteiger partial charge in [-0.25, -0.2) is 0 Å². The molecule has 0 aliphatic carbocycles. The smallest absolute Gasteiger partial charge is 0.358 e. The Balaban J connectivity index is 2.69. The van der Waals surface area contributed by atoms with Crippen molar-refractivity contribution < 1.29 is 22.8 Å². The summed E-state index contributed by atoms with van der Waals surface area (Å²) in [5.41, 5.74) is -0.940. The van der Waals surface area contributed by atoms with Crippen molar-refractivity contribution in [3.05, 3.63) is 28.8 Å². The molecule has 4 nitrogen and oxygen atoms in total. The van der Waals surface area contributed by atoms with Crippen molar-refractivity contribution in [1.82, 2.24) is 10.2 Å². The zero-order chi connectivity index (χ0) is 16.9. The van der Waals surface area contributed by atoms with Gasteiger partial charge in [0, 0.05) is 19.0 Å². The number of benzene rings is 1. The first-order valence-corrected chi connectivity index (χ1v) is 7.45. The molecule has 0 saturated heterocycles. The molecule has 1 aromatic carbocycles. The maximum absolute atomic E-state index is 12.7. The quantitative estimate of drug-likeness (QED) is 0.827. The predicted octanol–water partition coefficient (Wildman–Crippen LogP) is 2.66. The lowest BCUT2D eigenvalue weighted by molar-refractivity contribution is -0.137. The molecule has 0 saturated carbocycles. The van der Waals surface area contributed by atoms with Gasteiger partial charge in [0.15, 0.2) is 0 Å². The molecule has 1 rings (SSSR count). The minimum atomic E-state index is -4.55. The van der Waals surface area contributed by atoms with Gasteiger partial charge in [0.05, 0.1) is 22.9 Å². The molecule has 0 spiro atoms. The Morgan fingerprint density at radius 3 is 2.55 bits per heavy atom. The molecule has 0 aliphatic rings. The van der Waals surface area contributed by atoms with Gasteiger partial charge in [-0.1, -0.05) is 11.6 Å². The van der Waals surface area contributed by atoms with E-state index in [2.05, 4.69) is 5.32 Å². The van der Waals surface area contributed by atoms with Gasteiger partial charge in [-0.3, -0.25) is 9.59 Å². The number of alkyl halides is 3. The Bertz CT molecular complexity index is 567. The van der Waals surface area contributed by atoms with Crippen molar-refractivity contribution >= 4 is 35.2 Å². The summed E-state index contributed by atoms with van der Waals surface area (Å²) in [6, 6.07) is 3.46. The van der Waals surface area contributed by atoms with Crippen LogP contribution >= 0.6 is 23.4 Å². The lowest BCUT2D eigenvalue weighted by Crippen LogP contribution is -2.37. The zero-order valence-electron chi connectivity index (χ0n) is 11.8. The molecule has 0 atom stereocenters. The van der Waals surface area contributed by atoms with Crippen LogP contribution in [0, 0.1) is 0 Å². The van der Waals surface area contributed by atoms with Crippen molar-refractivity contribution in [3.63, 3.8) is 0 Å². The second kappa shape index (κ2) is 7.73. The van der Waals surface area contributed by atoms with E-state index in [1.54, 1.807) is 0 Å². The first-order chi connectivity index (χ1) is 10.1. The molecular weight excluding hydrogens is 341 g/mol. The summed E-state index contributed by atoms with van der Waals surface area (Å²) in [6.07, 6.45) is -4.55. The number of thioether (sulfide) groups is 1. The Labute approximate surface area is 135 Å². The van der Waals surface area contributed by atoms with Gasteiger partial charge in [-0.05, 0) is 18.2 Å². The highest BCUT2D eigenvalue weighted by atomic mass is 35.5. The number of hydrogen-bond acceptors (Lipinski definition) is 3. The van der Waals surface area contributed by atoms with Crippen LogP contribution in [0.25, 0.3) is 0 Å². The minimum Gasteiger partial charge on any atom is -0.358 e. The van der Waals surface area contributed by atoms with Gasteiger partial charge in [-0.2, -0.15) is 13.2 Å². The molecule has 122 valence electrons. The fraction of sp³-hybridized carbons (Fsp3) is 0.385. The molecule has 1 N–H and O–H groups in total. The fourth-order valence-electron chi connectivity index (χ4n) is 1.45. The first-order valence-electron chi connectivity index (χ1n) is 6.09. The van der Waals surface area contributed by atoms with E-state index < -0.39 is 11.7 Å². The lowest BCUT2D eigenvalue weighted by atomic mass is 10.2. The van der Waals surface area contributed by atoms with Gasteiger partial charge < -0.3 is 10.2 Å². The summed E-state index contributed by atoms with van der Waals surface area (Å²) < 4.78 is 38.2. The van der Waals surface area contributed by atoms with Crippen LogP contribution in [0.1, 0.15) is 5.56 Å². The van der Waals surface area contributed by atoms with Crippen molar-refractivity contribution in [1.29, 1.82) is 0 Å². The maximum Gasteiger partial charge on any atom is 0.417 e. The van der Waals surface area contributed by atoms with E-state index in [1.165, 1.54) is 25.1 Å². The number of carbonyl (C=O) groups excluding carboxylic acids is 2. The summed E-state index contributed by atoms with van der Waals surface area (Å²) in [5, 5.41) is 1.99. The van der Waals surface area contributed by atoms with Gasteiger partial charge in [-0.15, -0.1) is 11.8 Å². The molecule has 0 aromatic heterocycles. The van der Waals surface area contributed by atoms with Gasteiger partial charge >= 0.3 is 6.18 Å². The average Bonchev–Trinajstić information content (AvgIpc) is 2.44. The Morgan fingerprint density at radius 1 is 1.36 bits per heavy atom. The number of rotatable bonds is 5. The molecule has 0 fully saturated rings. The Kier molecular flexibility index (Phi) is 6.55. The fourth-order valence-corrected chi connectivity index (χ4v) is 2.55. The zero-order valence-corrected chi connectivity index (χ0v) is 13.4. The summed E-state index contributed by atoms with van der Waals surface area (Å²) in [4.78, 5) is 24.4. The minimum absolute atomic E-state index is 0.0770. The summed E-state index contributed by atoms with van der Waals surface area (Å²) in [7, 11) is 2.89. The summed E-state index contributed by atoms with van der Waals surface area (Å²) in [6.45, 7) is -0.107. The Morgan fingerprint density at radius 2 is 2.00 bits per heavy atom. The highest BCUT2D eigenvalue weighted by Crippen LogP contribution is 2.36. The van der Waals surface area contributed by atoms with E-state index >= 15 is 0 Å². The normalized spacial score (nSPS) is 11.2. The highest BCUT2D eigenvalue weighted by Gasteiger charge is 2.33. The number of carbonyl (C=O) groups is 2. The second-order valence-electron chi connectivity index (χ2n) is 4.35. The third-order valence-electron chi connectivity index (χ3n) is 2.69. The maximum atomic E-state index is 12.7. The van der Waals surface area contributed by atoms with Crippen molar-refractivity contribution in [2.75, 3.05) is 26.4 Å². The van der Waals surface area contributed by atoms with E-state index in [9.17, 15) is 22.8 Å². The van der Waals surface area contributed by atoms with Crippen molar-refractivity contribution in [2.45, 2.75) is 11.1 Å². The number of amides is 2. The number of halogens is 4. The standard InChI is InChI=1S/C13H14ClF3N2O2S/c1-18-11(20)6-19(2)12(21)7-22-8-3-4-10(14)9(5-8)13(15,16)17/h3-5H,6-7H2,1-2H3,(H,18,20). The number of hydrogen-bond donors (Lipinski definition) is 1. The highest BCUT2D eigenvalue weighted by molar-refractivity contribution is 8.00. The van der Waals surface area contributed by atoms with Crippen LogP contribution in [-0.4, -0.2) is 43.1 Å². The number of likely N-dealkylation sites (N-methyl/N-ethyl adjacent to an activating group) is 2. The summed E-state index contributed by atoms with van der Waals surface area (Å²) in [5.74, 6) is -0.768. The van der Waals surface area contributed by atoms with E-state index in [1.807, 2.05) is 0 Å². The van der Waals surface area contributed by atoms with Crippen molar-refractivity contribution in [3.8, 4) is 0 Å². The van der Waals surface area contributed by atoms with Crippen LogP contribution in [0.2, 0.25) is 5.02 Å². The first kappa shape index (κ1) is 18.6. The summed E-state index contributed by atoms with van der Waals surface area (Å²) >= 11 is 6.47. The van der Waals surface area contributed by atoms with Crippen LogP contribution in [-0.2, 0) is 15.8 Å². The van der Waals surface area contributed by atoms with Gasteiger partial charge in [0.25, 0.3) is 0 Å². The van der Waals surface area contributed by atoms with Crippen LogP contribution in [0.3, 0.4) is 0 Å². The number of nitrogens with one attached hydrogen (secondary N) is 1. The second-order valence-corrected chi connectivity index (χ2v) is 5.81. The topological polar surface area (TPSA) is 49.4 Å². The third-order valence-corrected chi connectivity index (χ3v) is 4.00. The van der Waals surface area contributed by atoms with Crippen LogP contribution in [0.5, 0.6) is 0 Å². The molecule has 1 aromatic rings. The Hall–Kier alpha value is -1.41.